The molecule has 0 amide bonds. The average Bonchev–Trinajstić information content (AvgIpc) is 2.84. The predicted octanol–water partition coefficient (Wildman–Crippen LogP) is 2.02. The maximum absolute atomic E-state index is 5.96. The predicted molar refractivity (Wildman–Crippen MR) is 64.3 cm³/mol. The van der Waals surface area contributed by atoms with Crippen LogP contribution in [0.2, 0.25) is 0 Å². The van der Waals surface area contributed by atoms with E-state index in [0.717, 1.165) is 12.2 Å². The van der Waals surface area contributed by atoms with Crippen molar-refractivity contribution < 1.29 is 0 Å². The number of nitrogens with zero attached hydrogens (tertiary/aromatic N) is 2. The molecule has 0 saturated carbocycles. The number of hydrogen-bond donors (Lipinski definition) is 1. The molecule has 0 spiro atoms. The molecule has 15 heavy (non-hydrogen) atoms. The van der Waals surface area contributed by atoms with Crippen LogP contribution in [0.3, 0.4) is 0 Å². The van der Waals surface area contributed by atoms with Crippen LogP contribution in [-0.4, -0.2) is 21.3 Å². The quantitative estimate of drug-likeness (QED) is 0.792. The zero-order chi connectivity index (χ0) is 10.3. The van der Waals surface area contributed by atoms with Crippen molar-refractivity contribution >= 4 is 17.6 Å². The van der Waals surface area contributed by atoms with Gasteiger partial charge in [0, 0.05) is 11.3 Å². The third-order valence-corrected chi connectivity index (χ3v) is 4.58. The van der Waals surface area contributed by atoms with Gasteiger partial charge in [0.1, 0.15) is 5.82 Å². The monoisotopic (exact) mass is 223 g/mol. The lowest BCUT2D eigenvalue weighted by atomic mass is 10.1. The van der Waals surface area contributed by atoms with E-state index in [-0.39, 0.29) is 0 Å². The van der Waals surface area contributed by atoms with Crippen LogP contribution in [0, 0.1) is 0 Å². The Morgan fingerprint density at radius 1 is 1.27 bits per heavy atom. The van der Waals surface area contributed by atoms with Gasteiger partial charge in [-0.2, -0.15) is 16.9 Å². The van der Waals surface area contributed by atoms with Crippen molar-refractivity contribution in [1.82, 2.24) is 9.78 Å². The second-order valence-corrected chi connectivity index (χ2v) is 5.68. The highest BCUT2D eigenvalue weighted by molar-refractivity contribution is 7.99. The molecule has 2 heterocycles. The fraction of sp³-hybridized carbons (Fsp3) is 0.727. The molecule has 3 nitrogen and oxygen atoms in total. The molecule has 1 aliphatic carbocycles. The average molecular weight is 223 g/mol. The van der Waals surface area contributed by atoms with Gasteiger partial charge < -0.3 is 5.73 Å². The van der Waals surface area contributed by atoms with E-state index in [4.69, 9.17) is 5.73 Å². The Kier molecular flexibility index (Phi) is 2.39. The van der Waals surface area contributed by atoms with Crippen molar-refractivity contribution in [3.63, 3.8) is 0 Å². The zero-order valence-electron chi connectivity index (χ0n) is 8.91. The summed E-state index contributed by atoms with van der Waals surface area (Å²) in [5.74, 6) is 3.35. The van der Waals surface area contributed by atoms with Crippen LogP contribution in [0.4, 0.5) is 5.82 Å². The summed E-state index contributed by atoms with van der Waals surface area (Å²) in [6, 6.07) is 0.621. The van der Waals surface area contributed by atoms with E-state index < -0.39 is 0 Å². The van der Waals surface area contributed by atoms with Crippen LogP contribution in [0.5, 0.6) is 0 Å². The summed E-state index contributed by atoms with van der Waals surface area (Å²) in [5.41, 5.74) is 8.74. The van der Waals surface area contributed by atoms with Gasteiger partial charge in [-0.25, -0.2) is 0 Å². The number of nitrogens with two attached hydrogens (primary N) is 1. The number of anilines is 1. The van der Waals surface area contributed by atoms with Crippen LogP contribution in [0.15, 0.2) is 0 Å². The van der Waals surface area contributed by atoms with Crippen LogP contribution in [0.1, 0.15) is 36.6 Å². The molecule has 0 atom stereocenters. The van der Waals surface area contributed by atoms with E-state index in [1.54, 1.807) is 0 Å². The fourth-order valence-corrected chi connectivity index (χ4v) is 3.81. The summed E-state index contributed by atoms with van der Waals surface area (Å²) >= 11 is 2.06. The highest BCUT2D eigenvalue weighted by Gasteiger charge is 2.25. The maximum Gasteiger partial charge on any atom is 0.148 e. The normalized spacial score (nSPS) is 21.9. The smallest absolute Gasteiger partial charge is 0.148 e. The summed E-state index contributed by atoms with van der Waals surface area (Å²) < 4.78 is 2.25. The molecule has 1 saturated heterocycles. The Morgan fingerprint density at radius 3 is 2.87 bits per heavy atom. The van der Waals surface area contributed by atoms with Gasteiger partial charge >= 0.3 is 0 Å². The summed E-state index contributed by atoms with van der Waals surface area (Å²) in [4.78, 5) is 0. The summed E-state index contributed by atoms with van der Waals surface area (Å²) in [6.07, 6.45) is 6.11. The Bertz CT molecular complexity index is 366. The molecular weight excluding hydrogens is 206 g/mol. The van der Waals surface area contributed by atoms with E-state index >= 15 is 0 Å². The molecule has 1 aromatic heterocycles. The number of nitrogen functional groups attached to an aromatic ring is 1. The third kappa shape index (κ3) is 1.55. The molecule has 1 aromatic rings. The van der Waals surface area contributed by atoms with Crippen molar-refractivity contribution in [3.05, 3.63) is 11.3 Å². The first-order chi connectivity index (χ1) is 7.36. The Morgan fingerprint density at radius 2 is 2.07 bits per heavy atom. The first kappa shape index (κ1) is 9.58. The van der Waals surface area contributed by atoms with Gasteiger partial charge in [0.2, 0.25) is 0 Å². The molecular formula is C11H17N3S. The first-order valence-electron chi connectivity index (χ1n) is 5.80. The molecule has 4 heteroatoms. The second kappa shape index (κ2) is 3.74. The van der Waals surface area contributed by atoms with Crippen molar-refractivity contribution in [1.29, 1.82) is 0 Å². The highest BCUT2D eigenvalue weighted by Crippen LogP contribution is 2.33. The zero-order valence-corrected chi connectivity index (χ0v) is 9.72. The highest BCUT2D eigenvalue weighted by atomic mass is 32.2. The molecule has 0 radical (unpaired) electrons. The number of rotatable bonds is 1. The number of fused-ring (bicyclic) bond motifs is 1. The third-order valence-electron chi connectivity index (χ3n) is 3.53. The van der Waals surface area contributed by atoms with E-state index in [1.165, 1.54) is 48.4 Å². The van der Waals surface area contributed by atoms with E-state index in [0.29, 0.717) is 6.04 Å². The van der Waals surface area contributed by atoms with Crippen LogP contribution in [-0.2, 0) is 12.8 Å². The summed E-state index contributed by atoms with van der Waals surface area (Å²) in [6.45, 7) is 0. The molecule has 82 valence electrons. The topological polar surface area (TPSA) is 43.8 Å². The minimum absolute atomic E-state index is 0.621. The first-order valence-corrected chi connectivity index (χ1v) is 6.95. The largest absolute Gasteiger partial charge is 0.382 e. The van der Waals surface area contributed by atoms with Gasteiger partial charge in [-0.3, -0.25) is 4.68 Å². The van der Waals surface area contributed by atoms with Crippen molar-refractivity contribution in [2.45, 2.75) is 38.1 Å². The number of thioether (sulfide) groups is 1. The summed E-state index contributed by atoms with van der Waals surface area (Å²) in [5, 5.41) is 4.54. The minimum atomic E-state index is 0.621. The number of aromatic nitrogens is 2. The van der Waals surface area contributed by atoms with Gasteiger partial charge in [0.15, 0.2) is 0 Å². The van der Waals surface area contributed by atoms with Gasteiger partial charge in [-0.05, 0) is 43.6 Å². The minimum Gasteiger partial charge on any atom is -0.382 e. The van der Waals surface area contributed by atoms with Gasteiger partial charge in [0.25, 0.3) is 0 Å². The maximum atomic E-state index is 5.96. The fourth-order valence-electron chi connectivity index (χ4n) is 2.73. The van der Waals surface area contributed by atoms with Crippen molar-refractivity contribution in [2.24, 2.45) is 0 Å². The number of hydrogen-bond acceptors (Lipinski definition) is 3. The molecule has 0 aromatic carbocycles. The molecule has 1 fully saturated rings. The molecule has 3 rings (SSSR count). The summed E-state index contributed by atoms with van der Waals surface area (Å²) in [7, 11) is 0. The molecule has 2 N–H and O–H groups in total. The molecule has 1 aliphatic heterocycles. The van der Waals surface area contributed by atoms with E-state index in [2.05, 4.69) is 21.5 Å². The Labute approximate surface area is 94.4 Å². The Balaban J connectivity index is 1.93. The van der Waals surface area contributed by atoms with Gasteiger partial charge in [0.05, 0.1) is 6.04 Å². The lowest BCUT2D eigenvalue weighted by Gasteiger charge is -2.23. The van der Waals surface area contributed by atoms with Gasteiger partial charge in [-0.1, -0.05) is 0 Å². The van der Waals surface area contributed by atoms with Crippen LogP contribution >= 0.6 is 11.8 Å². The van der Waals surface area contributed by atoms with Crippen LogP contribution < -0.4 is 5.73 Å². The molecule has 2 aliphatic rings. The van der Waals surface area contributed by atoms with Crippen molar-refractivity contribution in [2.75, 3.05) is 17.2 Å². The second-order valence-electron chi connectivity index (χ2n) is 4.45. The lowest BCUT2D eigenvalue weighted by molar-refractivity contribution is 0.415. The molecule has 0 bridgehead atoms. The van der Waals surface area contributed by atoms with Gasteiger partial charge in [-0.15, -0.1) is 0 Å². The standard InChI is InChI=1S/C11H17N3S/c12-11-9-2-1-3-10(9)14(13-11)8-4-6-15-7-5-8/h8H,1-7H2,(H2,12,13). The lowest BCUT2D eigenvalue weighted by Crippen LogP contribution is -2.18. The Hall–Kier alpha value is -0.640. The van der Waals surface area contributed by atoms with Crippen LogP contribution in [0.25, 0.3) is 0 Å². The SMILES string of the molecule is Nc1nn(C2CCSCC2)c2c1CCC2. The van der Waals surface area contributed by atoms with Crippen molar-refractivity contribution in [3.8, 4) is 0 Å². The molecule has 0 unspecified atom stereocenters. The van der Waals surface area contributed by atoms with E-state index in [1.807, 2.05) is 0 Å². The van der Waals surface area contributed by atoms with E-state index in [9.17, 15) is 0 Å².